The molecule has 3 aromatic heterocycles. The summed E-state index contributed by atoms with van der Waals surface area (Å²) in [5.74, 6) is 1.46. The van der Waals surface area contributed by atoms with Crippen LogP contribution in [0.3, 0.4) is 0 Å². The molecule has 0 bridgehead atoms. The fraction of sp³-hybridized carbons (Fsp3) is 0.316. The van der Waals surface area contributed by atoms with Crippen LogP contribution in [0.15, 0.2) is 42.9 Å². The quantitative estimate of drug-likeness (QED) is 0.606. The van der Waals surface area contributed by atoms with E-state index in [1.807, 2.05) is 21.6 Å². The molecule has 126 valence electrons. The van der Waals surface area contributed by atoms with E-state index in [-0.39, 0.29) is 0 Å². The van der Waals surface area contributed by atoms with Crippen molar-refractivity contribution >= 4 is 27.9 Å². The van der Waals surface area contributed by atoms with E-state index in [9.17, 15) is 0 Å². The average Bonchev–Trinajstić information content (AvgIpc) is 3.21. The molecule has 1 aliphatic rings. The maximum absolute atomic E-state index is 4.67. The number of hydrogen-bond donors (Lipinski definition) is 1. The first kappa shape index (κ1) is 14.5. The summed E-state index contributed by atoms with van der Waals surface area (Å²) >= 11 is 0. The van der Waals surface area contributed by atoms with Crippen molar-refractivity contribution in [2.45, 2.75) is 38.6 Å². The van der Waals surface area contributed by atoms with Gasteiger partial charge in [-0.05, 0) is 51.0 Å². The molecule has 0 unspecified atom stereocenters. The molecule has 0 amide bonds. The molecule has 0 saturated heterocycles. The van der Waals surface area contributed by atoms with Gasteiger partial charge in [0.25, 0.3) is 0 Å². The molecule has 0 spiro atoms. The first-order valence-electron chi connectivity index (χ1n) is 8.77. The van der Waals surface area contributed by atoms with Crippen molar-refractivity contribution in [3.63, 3.8) is 0 Å². The van der Waals surface area contributed by atoms with Gasteiger partial charge < -0.3 is 5.32 Å². The number of nitrogens with one attached hydrogen (secondary N) is 1. The topological polar surface area (TPSA) is 60.0 Å². The lowest BCUT2D eigenvalue weighted by molar-refractivity contribution is 0.551. The molecule has 0 atom stereocenters. The summed E-state index contributed by atoms with van der Waals surface area (Å²) in [4.78, 5) is 4.52. The molecule has 1 saturated carbocycles. The molecule has 1 aliphatic carbocycles. The van der Waals surface area contributed by atoms with Crippen molar-refractivity contribution < 1.29 is 0 Å². The second-order valence-electron chi connectivity index (χ2n) is 7.03. The van der Waals surface area contributed by atoms with Crippen LogP contribution >= 0.6 is 0 Å². The molecular formula is C19H20N6. The molecule has 1 N–H and O–H groups in total. The van der Waals surface area contributed by atoms with Crippen LogP contribution in [0.2, 0.25) is 0 Å². The van der Waals surface area contributed by atoms with E-state index in [4.69, 9.17) is 0 Å². The molecule has 25 heavy (non-hydrogen) atoms. The van der Waals surface area contributed by atoms with E-state index < -0.39 is 0 Å². The highest BCUT2D eigenvalue weighted by Crippen LogP contribution is 2.40. The van der Waals surface area contributed by atoms with E-state index in [0.29, 0.717) is 12.0 Å². The third-order valence-electron chi connectivity index (χ3n) is 4.75. The van der Waals surface area contributed by atoms with Gasteiger partial charge in [0.05, 0.1) is 17.4 Å². The van der Waals surface area contributed by atoms with Gasteiger partial charge in [-0.25, -0.2) is 9.50 Å². The number of hydrogen-bond acceptors (Lipinski definition) is 4. The number of anilines is 2. The Labute approximate surface area is 145 Å². The van der Waals surface area contributed by atoms with Crippen LogP contribution in [0.1, 0.15) is 44.3 Å². The minimum Gasteiger partial charge on any atom is -0.338 e. The number of fused-ring (bicyclic) bond motifs is 2. The van der Waals surface area contributed by atoms with Crippen molar-refractivity contribution in [3.8, 4) is 0 Å². The first-order valence-corrected chi connectivity index (χ1v) is 8.77. The van der Waals surface area contributed by atoms with Crippen LogP contribution in [-0.2, 0) is 0 Å². The van der Waals surface area contributed by atoms with E-state index in [0.717, 1.165) is 27.9 Å². The summed E-state index contributed by atoms with van der Waals surface area (Å²) in [7, 11) is 0. The fourth-order valence-electron chi connectivity index (χ4n) is 3.30. The molecular weight excluding hydrogens is 312 g/mol. The maximum atomic E-state index is 4.67. The summed E-state index contributed by atoms with van der Waals surface area (Å²) in [5.41, 5.74) is 4.34. The van der Waals surface area contributed by atoms with Gasteiger partial charge >= 0.3 is 0 Å². The minimum atomic E-state index is 0.347. The van der Waals surface area contributed by atoms with Gasteiger partial charge in [-0.2, -0.15) is 10.2 Å². The van der Waals surface area contributed by atoms with Crippen LogP contribution < -0.4 is 5.32 Å². The zero-order chi connectivity index (χ0) is 17.0. The predicted molar refractivity (Wildman–Crippen MR) is 98.4 cm³/mol. The number of rotatable bonds is 4. The first-order chi connectivity index (χ1) is 12.2. The van der Waals surface area contributed by atoms with Crippen LogP contribution in [0.4, 0.5) is 11.5 Å². The molecule has 6 heteroatoms. The Bertz CT molecular complexity index is 1070. The molecule has 5 rings (SSSR count). The van der Waals surface area contributed by atoms with E-state index in [1.54, 1.807) is 6.20 Å². The zero-order valence-electron chi connectivity index (χ0n) is 14.3. The van der Waals surface area contributed by atoms with Crippen LogP contribution in [0.25, 0.3) is 16.4 Å². The smallest absolute Gasteiger partial charge is 0.156 e. The SMILES string of the molecule is CC(C)n1ncc2cc(Nc3nccn4nc(C5CC5)cc34)ccc21. The summed E-state index contributed by atoms with van der Waals surface area (Å²) in [6.45, 7) is 4.28. The Kier molecular flexibility index (Phi) is 3.07. The Morgan fingerprint density at radius 1 is 1.16 bits per heavy atom. The van der Waals surface area contributed by atoms with Gasteiger partial charge in [0.1, 0.15) is 5.52 Å². The molecule has 1 aromatic carbocycles. The minimum absolute atomic E-state index is 0.347. The fourth-order valence-corrected chi connectivity index (χ4v) is 3.30. The number of benzene rings is 1. The third-order valence-corrected chi connectivity index (χ3v) is 4.75. The van der Waals surface area contributed by atoms with Gasteiger partial charge in [-0.1, -0.05) is 0 Å². The normalized spacial score (nSPS) is 14.7. The van der Waals surface area contributed by atoms with Crippen molar-refractivity contribution in [1.82, 2.24) is 24.4 Å². The van der Waals surface area contributed by atoms with Gasteiger partial charge in [0.2, 0.25) is 0 Å². The summed E-state index contributed by atoms with van der Waals surface area (Å²) in [6.07, 6.45) is 8.10. The lowest BCUT2D eigenvalue weighted by atomic mass is 10.2. The van der Waals surface area contributed by atoms with Crippen molar-refractivity contribution in [1.29, 1.82) is 0 Å². The third kappa shape index (κ3) is 2.45. The molecule has 0 aliphatic heterocycles. The lowest BCUT2D eigenvalue weighted by Gasteiger charge is -2.09. The Morgan fingerprint density at radius 2 is 2.04 bits per heavy atom. The molecule has 4 aromatic rings. The molecule has 0 radical (unpaired) electrons. The monoisotopic (exact) mass is 332 g/mol. The lowest BCUT2D eigenvalue weighted by Crippen LogP contribution is -2.02. The number of aromatic nitrogens is 5. The van der Waals surface area contributed by atoms with Crippen LogP contribution in [0, 0.1) is 0 Å². The average molecular weight is 332 g/mol. The maximum Gasteiger partial charge on any atom is 0.156 e. The zero-order valence-corrected chi connectivity index (χ0v) is 14.3. The van der Waals surface area contributed by atoms with Crippen molar-refractivity contribution in [3.05, 3.63) is 48.5 Å². The number of nitrogens with zero attached hydrogens (tertiary/aromatic N) is 5. The van der Waals surface area contributed by atoms with Gasteiger partial charge in [-0.15, -0.1) is 0 Å². The van der Waals surface area contributed by atoms with Gasteiger partial charge in [0, 0.05) is 35.4 Å². The van der Waals surface area contributed by atoms with Gasteiger partial charge in [-0.3, -0.25) is 4.68 Å². The molecule has 3 heterocycles. The van der Waals surface area contributed by atoms with Crippen molar-refractivity contribution in [2.75, 3.05) is 5.32 Å². The summed E-state index contributed by atoms with van der Waals surface area (Å²) in [6, 6.07) is 8.80. The highest BCUT2D eigenvalue weighted by Gasteiger charge is 2.26. The summed E-state index contributed by atoms with van der Waals surface area (Å²) < 4.78 is 3.95. The summed E-state index contributed by atoms with van der Waals surface area (Å²) in [5, 5.41) is 13.7. The van der Waals surface area contributed by atoms with Crippen LogP contribution in [0.5, 0.6) is 0 Å². The van der Waals surface area contributed by atoms with Crippen LogP contribution in [-0.4, -0.2) is 24.4 Å². The highest BCUT2D eigenvalue weighted by atomic mass is 15.3. The van der Waals surface area contributed by atoms with E-state index >= 15 is 0 Å². The predicted octanol–water partition coefficient (Wildman–Crippen LogP) is 4.28. The molecule has 1 fully saturated rings. The van der Waals surface area contributed by atoms with E-state index in [2.05, 4.69) is 58.6 Å². The Hall–Kier alpha value is -2.89. The Morgan fingerprint density at radius 3 is 2.84 bits per heavy atom. The van der Waals surface area contributed by atoms with Gasteiger partial charge in [0.15, 0.2) is 5.82 Å². The second-order valence-corrected chi connectivity index (χ2v) is 7.03. The Balaban J connectivity index is 1.52. The molecule has 6 nitrogen and oxygen atoms in total. The van der Waals surface area contributed by atoms with Crippen molar-refractivity contribution in [2.24, 2.45) is 0 Å². The largest absolute Gasteiger partial charge is 0.338 e. The highest BCUT2D eigenvalue weighted by molar-refractivity contribution is 5.84. The standard InChI is InChI=1S/C19H20N6/c1-12(2)25-17-6-5-15(9-14(17)11-21-25)22-19-18-10-16(13-3-4-13)23-24(18)8-7-20-19/h5-13H,3-4H2,1-2H3,(H,20,22). The second kappa shape index (κ2) is 5.31. The van der Waals surface area contributed by atoms with E-state index in [1.165, 1.54) is 18.5 Å².